The standard InChI is InChI=1S/C12H16N4O2S/c1-4-16-6-8(5-13-16)14-11-15-9(7-19-11)12(2,3)10(17)18/h5-7H,4H2,1-3H3,(H,14,15)(H,17,18). The fourth-order valence-corrected chi connectivity index (χ4v) is 2.35. The van der Waals surface area contributed by atoms with Crippen LogP contribution in [0.4, 0.5) is 10.8 Å². The summed E-state index contributed by atoms with van der Waals surface area (Å²) in [5.41, 5.74) is 0.413. The molecule has 2 aromatic rings. The number of hydrogen-bond donors (Lipinski definition) is 2. The molecule has 2 N–H and O–H groups in total. The van der Waals surface area contributed by atoms with Crippen molar-refractivity contribution in [3.8, 4) is 0 Å². The smallest absolute Gasteiger partial charge is 0.315 e. The quantitative estimate of drug-likeness (QED) is 0.879. The van der Waals surface area contributed by atoms with Crippen molar-refractivity contribution in [2.45, 2.75) is 32.7 Å². The Labute approximate surface area is 115 Å². The summed E-state index contributed by atoms with van der Waals surface area (Å²) in [4.78, 5) is 15.5. The summed E-state index contributed by atoms with van der Waals surface area (Å²) in [5, 5.41) is 18.9. The lowest BCUT2D eigenvalue weighted by Crippen LogP contribution is -2.28. The van der Waals surface area contributed by atoms with Crippen LogP contribution in [0.1, 0.15) is 26.5 Å². The molecule has 0 saturated heterocycles. The van der Waals surface area contributed by atoms with E-state index in [0.29, 0.717) is 10.8 Å². The normalized spacial score (nSPS) is 11.5. The van der Waals surface area contributed by atoms with Gasteiger partial charge in [0, 0.05) is 18.1 Å². The van der Waals surface area contributed by atoms with Crippen LogP contribution in [-0.4, -0.2) is 25.8 Å². The number of rotatable bonds is 5. The molecule has 0 bridgehead atoms. The average Bonchev–Trinajstić information content (AvgIpc) is 2.98. The number of aliphatic carboxylic acids is 1. The number of aromatic nitrogens is 3. The van der Waals surface area contributed by atoms with Gasteiger partial charge >= 0.3 is 5.97 Å². The summed E-state index contributed by atoms with van der Waals surface area (Å²) in [6.07, 6.45) is 3.59. The summed E-state index contributed by atoms with van der Waals surface area (Å²) in [5.74, 6) is -0.886. The van der Waals surface area contributed by atoms with Crippen LogP contribution < -0.4 is 5.32 Å². The van der Waals surface area contributed by atoms with E-state index in [1.165, 1.54) is 11.3 Å². The van der Waals surface area contributed by atoms with Crippen LogP contribution in [-0.2, 0) is 16.8 Å². The summed E-state index contributed by atoms with van der Waals surface area (Å²) in [7, 11) is 0. The Morgan fingerprint density at radius 2 is 2.32 bits per heavy atom. The summed E-state index contributed by atoms with van der Waals surface area (Å²) in [6.45, 7) is 6.09. The summed E-state index contributed by atoms with van der Waals surface area (Å²) in [6, 6.07) is 0. The Hall–Kier alpha value is -1.89. The molecule has 2 heterocycles. The second-order valence-corrected chi connectivity index (χ2v) is 5.54. The second kappa shape index (κ2) is 5.00. The maximum Gasteiger partial charge on any atom is 0.315 e. The van der Waals surface area contributed by atoms with Gasteiger partial charge in [0.2, 0.25) is 0 Å². The van der Waals surface area contributed by atoms with E-state index in [2.05, 4.69) is 15.4 Å². The van der Waals surface area contributed by atoms with Crippen LogP contribution in [0.25, 0.3) is 0 Å². The first-order valence-corrected chi connectivity index (χ1v) is 6.80. The van der Waals surface area contributed by atoms with E-state index in [1.54, 1.807) is 30.1 Å². The maximum absolute atomic E-state index is 11.2. The third-order valence-corrected chi connectivity index (χ3v) is 3.65. The zero-order chi connectivity index (χ0) is 14.0. The SMILES string of the molecule is CCn1cc(Nc2nc(C(C)(C)C(=O)O)cs2)cn1. The molecule has 0 aromatic carbocycles. The van der Waals surface area contributed by atoms with Crippen LogP contribution in [0.2, 0.25) is 0 Å². The van der Waals surface area contributed by atoms with E-state index in [0.717, 1.165) is 12.2 Å². The molecule has 0 spiro atoms. The van der Waals surface area contributed by atoms with Gasteiger partial charge in [0.1, 0.15) is 5.41 Å². The lowest BCUT2D eigenvalue weighted by molar-refractivity contribution is -0.142. The molecule has 0 fully saturated rings. The Balaban J connectivity index is 2.15. The van der Waals surface area contributed by atoms with Crippen molar-refractivity contribution in [3.05, 3.63) is 23.5 Å². The van der Waals surface area contributed by atoms with Gasteiger partial charge in [0.05, 0.1) is 17.6 Å². The highest BCUT2D eigenvalue weighted by Gasteiger charge is 2.32. The molecule has 0 unspecified atom stereocenters. The van der Waals surface area contributed by atoms with Crippen LogP contribution >= 0.6 is 11.3 Å². The van der Waals surface area contributed by atoms with E-state index < -0.39 is 11.4 Å². The minimum atomic E-state index is -0.982. The monoisotopic (exact) mass is 280 g/mol. The van der Waals surface area contributed by atoms with Gasteiger partial charge in [-0.05, 0) is 20.8 Å². The largest absolute Gasteiger partial charge is 0.481 e. The Morgan fingerprint density at radius 3 is 2.89 bits per heavy atom. The molecule has 0 aliphatic rings. The molecule has 0 aliphatic heterocycles. The first-order chi connectivity index (χ1) is 8.93. The molecular weight excluding hydrogens is 264 g/mol. The van der Waals surface area contributed by atoms with Gasteiger partial charge in [-0.2, -0.15) is 5.10 Å². The maximum atomic E-state index is 11.2. The first kappa shape index (κ1) is 13.5. The molecular formula is C12H16N4O2S. The van der Waals surface area contributed by atoms with Crippen LogP contribution in [0.5, 0.6) is 0 Å². The van der Waals surface area contributed by atoms with Crippen molar-refractivity contribution in [2.24, 2.45) is 0 Å². The highest BCUT2D eigenvalue weighted by atomic mass is 32.1. The Morgan fingerprint density at radius 1 is 1.58 bits per heavy atom. The molecule has 0 amide bonds. The van der Waals surface area contributed by atoms with Crippen molar-refractivity contribution in [3.63, 3.8) is 0 Å². The number of nitrogens with one attached hydrogen (secondary N) is 1. The van der Waals surface area contributed by atoms with Gasteiger partial charge in [-0.15, -0.1) is 11.3 Å². The first-order valence-electron chi connectivity index (χ1n) is 5.92. The van der Waals surface area contributed by atoms with Crippen LogP contribution in [0.3, 0.4) is 0 Å². The number of aryl methyl sites for hydroxylation is 1. The lowest BCUT2D eigenvalue weighted by Gasteiger charge is -2.15. The van der Waals surface area contributed by atoms with E-state index in [-0.39, 0.29) is 0 Å². The fraction of sp³-hybridized carbons (Fsp3) is 0.417. The van der Waals surface area contributed by atoms with Gasteiger partial charge < -0.3 is 10.4 Å². The van der Waals surface area contributed by atoms with Gasteiger partial charge in [-0.1, -0.05) is 0 Å². The molecule has 19 heavy (non-hydrogen) atoms. The van der Waals surface area contributed by atoms with Crippen molar-refractivity contribution in [1.29, 1.82) is 0 Å². The van der Waals surface area contributed by atoms with Gasteiger partial charge in [-0.3, -0.25) is 9.48 Å². The summed E-state index contributed by atoms with van der Waals surface area (Å²) >= 11 is 1.38. The van der Waals surface area contributed by atoms with Crippen LogP contribution in [0, 0.1) is 0 Å². The molecule has 2 rings (SSSR count). The van der Waals surface area contributed by atoms with Gasteiger partial charge in [0.15, 0.2) is 5.13 Å². The number of carbonyl (C=O) groups is 1. The Bertz CT molecular complexity index is 588. The third-order valence-electron chi connectivity index (χ3n) is 2.89. The van der Waals surface area contributed by atoms with Crippen molar-refractivity contribution in [1.82, 2.24) is 14.8 Å². The minimum Gasteiger partial charge on any atom is -0.481 e. The number of carboxylic acid groups (broad SMARTS) is 1. The van der Waals surface area contributed by atoms with Crippen molar-refractivity contribution in [2.75, 3.05) is 5.32 Å². The van der Waals surface area contributed by atoms with Crippen LogP contribution in [0.15, 0.2) is 17.8 Å². The van der Waals surface area contributed by atoms with Gasteiger partial charge in [0.25, 0.3) is 0 Å². The molecule has 2 aromatic heterocycles. The average molecular weight is 280 g/mol. The summed E-state index contributed by atoms with van der Waals surface area (Å²) < 4.78 is 1.80. The highest BCUT2D eigenvalue weighted by molar-refractivity contribution is 7.13. The lowest BCUT2D eigenvalue weighted by atomic mass is 9.90. The van der Waals surface area contributed by atoms with E-state index in [1.807, 2.05) is 13.1 Å². The zero-order valence-electron chi connectivity index (χ0n) is 11.0. The Kier molecular flexibility index (Phi) is 3.57. The van der Waals surface area contributed by atoms with E-state index in [4.69, 9.17) is 5.11 Å². The number of nitrogens with zero attached hydrogens (tertiary/aromatic N) is 3. The van der Waals surface area contributed by atoms with Crippen molar-refractivity contribution >= 4 is 28.1 Å². The third kappa shape index (κ3) is 2.76. The molecule has 7 heteroatoms. The van der Waals surface area contributed by atoms with E-state index in [9.17, 15) is 4.79 Å². The predicted octanol–water partition coefficient (Wildman–Crippen LogP) is 2.47. The molecule has 0 aliphatic carbocycles. The number of thiazole rings is 1. The molecule has 0 radical (unpaired) electrons. The minimum absolute atomic E-state index is 0.551. The van der Waals surface area contributed by atoms with E-state index >= 15 is 0 Å². The number of hydrogen-bond acceptors (Lipinski definition) is 5. The predicted molar refractivity (Wildman–Crippen MR) is 74.0 cm³/mol. The van der Waals surface area contributed by atoms with Crippen molar-refractivity contribution < 1.29 is 9.90 Å². The molecule has 102 valence electrons. The molecule has 6 nitrogen and oxygen atoms in total. The zero-order valence-corrected chi connectivity index (χ0v) is 11.9. The molecule has 0 atom stereocenters. The number of carboxylic acids is 1. The molecule has 0 saturated carbocycles. The second-order valence-electron chi connectivity index (χ2n) is 4.68. The fourth-order valence-electron chi connectivity index (χ4n) is 1.45. The van der Waals surface area contributed by atoms with Gasteiger partial charge in [-0.25, -0.2) is 4.98 Å². The highest BCUT2D eigenvalue weighted by Crippen LogP contribution is 2.28. The number of anilines is 2. The topological polar surface area (TPSA) is 80.0 Å².